The van der Waals surface area contributed by atoms with Crippen molar-refractivity contribution >= 4 is 22.7 Å². The van der Waals surface area contributed by atoms with Gasteiger partial charge in [-0.15, -0.1) is 11.3 Å². The number of aromatic nitrogens is 1. The smallest absolute Gasteiger partial charge is 0.115 e. The van der Waals surface area contributed by atoms with Gasteiger partial charge in [-0.1, -0.05) is 13.0 Å². The Hall–Kier alpha value is -1.55. The summed E-state index contributed by atoms with van der Waals surface area (Å²) in [6.45, 7) is 6.35. The summed E-state index contributed by atoms with van der Waals surface area (Å²) in [7, 11) is 0. The van der Waals surface area contributed by atoms with Crippen LogP contribution in [0.2, 0.25) is 0 Å². The van der Waals surface area contributed by atoms with Crippen molar-refractivity contribution in [3.05, 3.63) is 39.8 Å². The lowest BCUT2D eigenvalue weighted by atomic mass is 10.1. The summed E-state index contributed by atoms with van der Waals surface area (Å²) in [6.07, 6.45) is 3.01. The van der Waals surface area contributed by atoms with Gasteiger partial charge in [-0.2, -0.15) is 0 Å². The number of hydrogen-bond acceptors (Lipinski definition) is 4. The fraction of sp³-hybridized carbons (Fsp3) is 0.357. The van der Waals surface area contributed by atoms with Crippen LogP contribution in [-0.2, 0) is 6.42 Å². The number of benzene rings is 1. The molecule has 0 spiro atoms. The SMILES string of the molecule is CCc1cnc(C(C)Nc2cc(N)ccc2C)s1. The van der Waals surface area contributed by atoms with Crippen LogP contribution < -0.4 is 11.1 Å². The maximum Gasteiger partial charge on any atom is 0.115 e. The highest BCUT2D eigenvalue weighted by Crippen LogP contribution is 2.26. The van der Waals surface area contributed by atoms with Gasteiger partial charge < -0.3 is 11.1 Å². The zero-order chi connectivity index (χ0) is 13.1. The predicted octanol–water partition coefficient (Wildman–Crippen LogP) is 3.77. The molecule has 1 aromatic heterocycles. The summed E-state index contributed by atoms with van der Waals surface area (Å²) in [5.41, 5.74) is 8.87. The van der Waals surface area contributed by atoms with Gasteiger partial charge in [-0.05, 0) is 38.0 Å². The second-order valence-corrected chi connectivity index (χ2v) is 5.61. The Morgan fingerprint density at radius 1 is 1.44 bits per heavy atom. The number of hydrogen-bond donors (Lipinski definition) is 2. The third-order valence-electron chi connectivity index (χ3n) is 2.92. The molecule has 2 rings (SSSR count). The standard InChI is InChI=1S/C14H19N3S/c1-4-12-8-16-14(18-12)10(3)17-13-7-11(15)6-5-9(13)2/h5-8,10,17H,4,15H2,1-3H3. The Morgan fingerprint density at radius 2 is 2.22 bits per heavy atom. The molecule has 2 aromatic rings. The van der Waals surface area contributed by atoms with E-state index >= 15 is 0 Å². The summed E-state index contributed by atoms with van der Waals surface area (Å²) < 4.78 is 0. The molecule has 1 heterocycles. The lowest BCUT2D eigenvalue weighted by molar-refractivity contribution is 0.868. The Kier molecular flexibility index (Phi) is 3.87. The van der Waals surface area contributed by atoms with E-state index in [1.165, 1.54) is 10.4 Å². The molecule has 0 aliphatic heterocycles. The van der Waals surface area contributed by atoms with Gasteiger partial charge in [0.15, 0.2) is 0 Å². The second kappa shape index (κ2) is 5.40. The second-order valence-electron chi connectivity index (χ2n) is 4.46. The minimum atomic E-state index is 0.204. The maximum absolute atomic E-state index is 5.81. The Bertz CT molecular complexity index is 534. The zero-order valence-electron chi connectivity index (χ0n) is 11.0. The highest BCUT2D eigenvalue weighted by molar-refractivity contribution is 7.11. The largest absolute Gasteiger partial charge is 0.399 e. The highest BCUT2D eigenvalue weighted by atomic mass is 32.1. The Labute approximate surface area is 112 Å². The lowest BCUT2D eigenvalue weighted by Gasteiger charge is -2.15. The average molecular weight is 261 g/mol. The number of thiazole rings is 1. The first-order valence-electron chi connectivity index (χ1n) is 6.17. The fourth-order valence-electron chi connectivity index (χ4n) is 1.78. The molecule has 0 bridgehead atoms. The van der Waals surface area contributed by atoms with Gasteiger partial charge in [-0.3, -0.25) is 0 Å². The topological polar surface area (TPSA) is 50.9 Å². The number of nitrogens with one attached hydrogen (secondary N) is 1. The van der Waals surface area contributed by atoms with Gasteiger partial charge in [0.25, 0.3) is 0 Å². The van der Waals surface area contributed by atoms with Gasteiger partial charge in [0.05, 0.1) is 6.04 Å². The maximum atomic E-state index is 5.81. The summed E-state index contributed by atoms with van der Waals surface area (Å²) in [5.74, 6) is 0. The Morgan fingerprint density at radius 3 is 2.89 bits per heavy atom. The molecule has 1 atom stereocenters. The lowest BCUT2D eigenvalue weighted by Crippen LogP contribution is -2.07. The van der Waals surface area contributed by atoms with E-state index in [1.54, 1.807) is 11.3 Å². The third kappa shape index (κ3) is 2.82. The van der Waals surface area contributed by atoms with Gasteiger partial charge in [0.2, 0.25) is 0 Å². The number of nitrogen functional groups attached to an aromatic ring is 1. The summed E-state index contributed by atoms with van der Waals surface area (Å²) in [6, 6.07) is 6.13. The molecule has 3 N–H and O–H groups in total. The molecule has 0 radical (unpaired) electrons. The van der Waals surface area contributed by atoms with Crippen LogP contribution in [0.3, 0.4) is 0 Å². The van der Waals surface area contributed by atoms with E-state index in [0.717, 1.165) is 22.8 Å². The molecule has 96 valence electrons. The van der Waals surface area contributed by atoms with E-state index < -0.39 is 0 Å². The summed E-state index contributed by atoms with van der Waals surface area (Å²) >= 11 is 1.77. The number of aryl methyl sites for hydroxylation is 2. The molecule has 0 aliphatic rings. The molecule has 0 fully saturated rings. The average Bonchev–Trinajstić information content (AvgIpc) is 2.82. The van der Waals surface area contributed by atoms with Crippen LogP contribution >= 0.6 is 11.3 Å². The normalized spacial score (nSPS) is 12.4. The van der Waals surface area contributed by atoms with Crippen LogP contribution in [0.5, 0.6) is 0 Å². The molecule has 0 amide bonds. The van der Waals surface area contributed by atoms with E-state index in [9.17, 15) is 0 Å². The molecule has 1 unspecified atom stereocenters. The summed E-state index contributed by atoms with van der Waals surface area (Å²) in [5, 5.41) is 4.59. The molecule has 0 saturated carbocycles. The van der Waals surface area contributed by atoms with Gasteiger partial charge >= 0.3 is 0 Å². The van der Waals surface area contributed by atoms with Crippen molar-refractivity contribution in [3.63, 3.8) is 0 Å². The number of anilines is 2. The van der Waals surface area contributed by atoms with Gasteiger partial charge in [0.1, 0.15) is 5.01 Å². The van der Waals surface area contributed by atoms with Crippen LogP contribution in [0.1, 0.15) is 35.3 Å². The van der Waals surface area contributed by atoms with Crippen molar-refractivity contribution in [1.82, 2.24) is 4.98 Å². The number of nitrogens with zero attached hydrogens (tertiary/aromatic N) is 1. The molecule has 1 aromatic carbocycles. The molecular formula is C14H19N3S. The van der Waals surface area contributed by atoms with Crippen LogP contribution in [0.25, 0.3) is 0 Å². The van der Waals surface area contributed by atoms with Crippen LogP contribution in [-0.4, -0.2) is 4.98 Å². The van der Waals surface area contributed by atoms with E-state index in [0.29, 0.717) is 0 Å². The molecule has 18 heavy (non-hydrogen) atoms. The Balaban J connectivity index is 2.15. The van der Waals surface area contributed by atoms with Crippen molar-refractivity contribution in [2.24, 2.45) is 0 Å². The third-order valence-corrected chi connectivity index (χ3v) is 4.25. The van der Waals surface area contributed by atoms with E-state index in [4.69, 9.17) is 5.73 Å². The van der Waals surface area contributed by atoms with Crippen molar-refractivity contribution in [3.8, 4) is 0 Å². The van der Waals surface area contributed by atoms with E-state index in [-0.39, 0.29) is 6.04 Å². The number of nitrogens with two attached hydrogens (primary N) is 1. The predicted molar refractivity (Wildman–Crippen MR) is 79.1 cm³/mol. The monoisotopic (exact) mass is 261 g/mol. The first-order valence-corrected chi connectivity index (χ1v) is 6.99. The van der Waals surface area contributed by atoms with E-state index in [1.807, 2.05) is 24.4 Å². The van der Waals surface area contributed by atoms with Gasteiger partial charge in [0, 0.05) is 22.4 Å². The van der Waals surface area contributed by atoms with Crippen molar-refractivity contribution in [2.75, 3.05) is 11.1 Å². The van der Waals surface area contributed by atoms with E-state index in [2.05, 4.69) is 31.1 Å². The molecular weight excluding hydrogens is 242 g/mol. The minimum Gasteiger partial charge on any atom is -0.399 e. The van der Waals surface area contributed by atoms with Crippen LogP contribution in [0.15, 0.2) is 24.4 Å². The zero-order valence-corrected chi connectivity index (χ0v) is 11.8. The first-order chi connectivity index (χ1) is 8.60. The van der Waals surface area contributed by atoms with Crippen molar-refractivity contribution in [1.29, 1.82) is 0 Å². The first kappa shape index (κ1) is 12.9. The van der Waals surface area contributed by atoms with Crippen LogP contribution in [0, 0.1) is 6.92 Å². The summed E-state index contributed by atoms with van der Waals surface area (Å²) in [4.78, 5) is 5.78. The molecule has 3 nitrogen and oxygen atoms in total. The van der Waals surface area contributed by atoms with Crippen molar-refractivity contribution in [2.45, 2.75) is 33.2 Å². The molecule has 0 aliphatic carbocycles. The molecule has 0 saturated heterocycles. The van der Waals surface area contributed by atoms with Crippen molar-refractivity contribution < 1.29 is 0 Å². The van der Waals surface area contributed by atoms with Gasteiger partial charge in [-0.25, -0.2) is 4.98 Å². The molecule has 4 heteroatoms. The minimum absolute atomic E-state index is 0.204. The quantitative estimate of drug-likeness (QED) is 0.824. The highest BCUT2D eigenvalue weighted by Gasteiger charge is 2.11. The number of rotatable bonds is 4. The fourth-order valence-corrected chi connectivity index (χ4v) is 2.64. The van der Waals surface area contributed by atoms with Crippen LogP contribution in [0.4, 0.5) is 11.4 Å².